The number of amides is 2. The van der Waals surface area contributed by atoms with Crippen LogP contribution in [0.3, 0.4) is 0 Å². The molecule has 6 heteroatoms. The molecule has 2 amide bonds. The number of carbonyl (C=O) groups excluding carboxylic acids is 2. The second kappa shape index (κ2) is 7.17. The Balaban J connectivity index is 2.40. The molecule has 0 bridgehead atoms. The average Bonchev–Trinajstić information content (AvgIpc) is 2.33. The largest absolute Gasteiger partial charge is 0.366 e. The van der Waals surface area contributed by atoms with Crippen LogP contribution in [0.25, 0.3) is 0 Å². The Labute approximate surface area is 124 Å². The molecule has 4 N–H and O–H groups in total. The van der Waals surface area contributed by atoms with E-state index in [4.69, 9.17) is 5.73 Å². The second-order valence-electron chi connectivity index (χ2n) is 5.90. The fraction of sp³-hybridized carbons (Fsp3) is 0.467. The predicted octanol–water partition coefficient (Wildman–Crippen LogP) is 1.32. The Hall–Kier alpha value is -1.95. The van der Waals surface area contributed by atoms with Gasteiger partial charge in [-0.05, 0) is 32.9 Å². The summed E-state index contributed by atoms with van der Waals surface area (Å²) in [6, 6.07) is 4.11. The first-order valence-corrected chi connectivity index (χ1v) is 6.79. The fourth-order valence-corrected chi connectivity index (χ4v) is 1.75. The highest BCUT2D eigenvalue weighted by Crippen LogP contribution is 2.10. The number of rotatable bonds is 6. The molecule has 0 atom stereocenters. The van der Waals surface area contributed by atoms with Crippen LogP contribution in [0.4, 0.5) is 4.39 Å². The zero-order chi connectivity index (χ0) is 16.0. The molecule has 0 aromatic heterocycles. The van der Waals surface area contributed by atoms with E-state index in [1.54, 1.807) is 0 Å². The highest BCUT2D eigenvalue weighted by Gasteiger charge is 2.13. The van der Waals surface area contributed by atoms with Crippen molar-refractivity contribution in [3.63, 3.8) is 0 Å². The first-order valence-electron chi connectivity index (χ1n) is 6.79. The Bertz CT molecular complexity index is 524. The van der Waals surface area contributed by atoms with Crippen molar-refractivity contribution in [3.05, 3.63) is 35.1 Å². The van der Waals surface area contributed by atoms with Crippen LogP contribution in [-0.4, -0.2) is 23.9 Å². The summed E-state index contributed by atoms with van der Waals surface area (Å²) in [6.45, 7) is 6.46. The predicted molar refractivity (Wildman–Crippen MR) is 79.1 cm³/mol. The van der Waals surface area contributed by atoms with Crippen LogP contribution in [0.5, 0.6) is 0 Å². The van der Waals surface area contributed by atoms with E-state index in [9.17, 15) is 14.0 Å². The average molecular weight is 295 g/mol. The van der Waals surface area contributed by atoms with Gasteiger partial charge in [0.05, 0.1) is 0 Å². The fourth-order valence-electron chi connectivity index (χ4n) is 1.75. The molecule has 0 unspecified atom stereocenters. The number of halogens is 1. The monoisotopic (exact) mass is 295 g/mol. The Morgan fingerprint density at radius 2 is 1.95 bits per heavy atom. The number of hydrogen-bond acceptors (Lipinski definition) is 3. The van der Waals surface area contributed by atoms with Crippen molar-refractivity contribution in [2.45, 2.75) is 39.3 Å². The molecule has 1 aromatic carbocycles. The van der Waals surface area contributed by atoms with Gasteiger partial charge in [-0.1, -0.05) is 6.07 Å². The van der Waals surface area contributed by atoms with Gasteiger partial charge in [-0.2, -0.15) is 0 Å². The van der Waals surface area contributed by atoms with E-state index < -0.39 is 11.7 Å². The van der Waals surface area contributed by atoms with Crippen LogP contribution in [0.2, 0.25) is 0 Å². The maximum absolute atomic E-state index is 13.7. The van der Waals surface area contributed by atoms with Crippen molar-refractivity contribution in [3.8, 4) is 0 Å². The zero-order valence-corrected chi connectivity index (χ0v) is 12.6. The van der Waals surface area contributed by atoms with E-state index in [1.165, 1.54) is 12.1 Å². The lowest BCUT2D eigenvalue weighted by Crippen LogP contribution is -2.41. The molecule has 0 heterocycles. The van der Waals surface area contributed by atoms with Crippen molar-refractivity contribution >= 4 is 11.8 Å². The highest BCUT2D eigenvalue weighted by molar-refractivity contribution is 5.92. The summed E-state index contributed by atoms with van der Waals surface area (Å²) in [5, 5.41) is 5.84. The number of benzene rings is 1. The van der Waals surface area contributed by atoms with E-state index >= 15 is 0 Å². The van der Waals surface area contributed by atoms with Crippen molar-refractivity contribution in [1.82, 2.24) is 10.6 Å². The number of carbonyl (C=O) groups is 2. The second-order valence-corrected chi connectivity index (χ2v) is 5.90. The highest BCUT2D eigenvalue weighted by atomic mass is 19.1. The van der Waals surface area contributed by atoms with Gasteiger partial charge in [-0.25, -0.2) is 4.39 Å². The molecular formula is C15H22FN3O2. The van der Waals surface area contributed by atoms with Crippen molar-refractivity contribution in [1.29, 1.82) is 0 Å². The molecule has 0 saturated heterocycles. The molecule has 5 nitrogen and oxygen atoms in total. The molecule has 0 aliphatic rings. The molecular weight excluding hydrogens is 273 g/mol. The SMILES string of the molecule is CC(C)(C)NC(=O)CCNCc1ccc(C(N)=O)cc1F. The summed E-state index contributed by atoms with van der Waals surface area (Å²) in [5.41, 5.74) is 5.38. The van der Waals surface area contributed by atoms with Gasteiger partial charge in [-0.15, -0.1) is 0 Å². The maximum atomic E-state index is 13.7. The van der Waals surface area contributed by atoms with Gasteiger partial charge >= 0.3 is 0 Å². The molecule has 0 radical (unpaired) electrons. The van der Waals surface area contributed by atoms with Crippen LogP contribution in [0.15, 0.2) is 18.2 Å². The Morgan fingerprint density at radius 3 is 2.48 bits per heavy atom. The van der Waals surface area contributed by atoms with Crippen molar-refractivity contribution in [2.75, 3.05) is 6.54 Å². The van der Waals surface area contributed by atoms with Crippen LogP contribution >= 0.6 is 0 Å². The topological polar surface area (TPSA) is 84.2 Å². The van der Waals surface area contributed by atoms with Crippen molar-refractivity contribution < 1.29 is 14.0 Å². The minimum atomic E-state index is -0.660. The lowest BCUT2D eigenvalue weighted by Gasteiger charge is -2.20. The summed E-state index contributed by atoms with van der Waals surface area (Å²) >= 11 is 0. The lowest BCUT2D eigenvalue weighted by atomic mass is 10.1. The first kappa shape index (κ1) is 17.1. The molecule has 21 heavy (non-hydrogen) atoms. The van der Waals surface area contributed by atoms with Gasteiger partial charge in [0, 0.05) is 36.2 Å². The van der Waals surface area contributed by atoms with Gasteiger partial charge in [0.15, 0.2) is 0 Å². The molecule has 0 aliphatic heterocycles. The van der Waals surface area contributed by atoms with Crippen LogP contribution in [-0.2, 0) is 11.3 Å². The summed E-state index contributed by atoms with van der Waals surface area (Å²) < 4.78 is 13.7. The third-order valence-electron chi connectivity index (χ3n) is 2.70. The number of hydrogen-bond donors (Lipinski definition) is 3. The molecule has 1 rings (SSSR count). The van der Waals surface area contributed by atoms with Gasteiger partial charge in [0.2, 0.25) is 11.8 Å². The van der Waals surface area contributed by atoms with Crippen LogP contribution in [0.1, 0.15) is 43.1 Å². The van der Waals surface area contributed by atoms with E-state index in [0.29, 0.717) is 18.5 Å². The quantitative estimate of drug-likeness (QED) is 0.692. The van der Waals surface area contributed by atoms with Gasteiger partial charge in [-0.3, -0.25) is 9.59 Å². The van der Waals surface area contributed by atoms with E-state index in [0.717, 1.165) is 6.07 Å². The minimum Gasteiger partial charge on any atom is -0.366 e. The third-order valence-corrected chi connectivity index (χ3v) is 2.70. The summed E-state index contributed by atoms with van der Waals surface area (Å²) in [5.74, 6) is -1.20. The lowest BCUT2D eigenvalue weighted by molar-refractivity contribution is -0.122. The maximum Gasteiger partial charge on any atom is 0.248 e. The molecule has 1 aromatic rings. The van der Waals surface area contributed by atoms with Gasteiger partial charge in [0.1, 0.15) is 5.82 Å². The Morgan fingerprint density at radius 1 is 1.29 bits per heavy atom. The summed E-state index contributed by atoms with van der Waals surface area (Å²) in [4.78, 5) is 22.5. The Kier molecular flexibility index (Phi) is 5.84. The van der Waals surface area contributed by atoms with Gasteiger partial charge < -0.3 is 16.4 Å². The van der Waals surface area contributed by atoms with Crippen LogP contribution in [0, 0.1) is 5.82 Å². The standard InChI is InChI=1S/C15H22FN3O2/c1-15(2,3)19-13(20)6-7-18-9-11-5-4-10(14(17)21)8-12(11)16/h4-5,8,18H,6-7,9H2,1-3H3,(H2,17,21)(H,19,20). The van der Waals surface area contributed by atoms with Crippen LogP contribution < -0.4 is 16.4 Å². The van der Waals surface area contributed by atoms with Crippen molar-refractivity contribution in [2.24, 2.45) is 5.73 Å². The summed E-state index contributed by atoms with van der Waals surface area (Å²) in [7, 11) is 0. The smallest absolute Gasteiger partial charge is 0.248 e. The van der Waals surface area contributed by atoms with E-state index in [2.05, 4.69) is 10.6 Å². The van der Waals surface area contributed by atoms with Gasteiger partial charge in [0.25, 0.3) is 0 Å². The number of nitrogens with two attached hydrogens (primary N) is 1. The molecule has 116 valence electrons. The number of nitrogens with one attached hydrogen (secondary N) is 2. The van der Waals surface area contributed by atoms with E-state index in [1.807, 2.05) is 20.8 Å². The van der Waals surface area contributed by atoms with E-state index in [-0.39, 0.29) is 23.6 Å². The molecule has 0 saturated carbocycles. The number of primary amides is 1. The minimum absolute atomic E-state index is 0.0560. The molecule has 0 aliphatic carbocycles. The third kappa shape index (κ3) is 6.35. The molecule has 0 fully saturated rings. The molecule has 0 spiro atoms. The summed E-state index contributed by atoms with van der Waals surface area (Å²) in [6.07, 6.45) is 0.318. The zero-order valence-electron chi connectivity index (χ0n) is 12.6. The normalized spacial score (nSPS) is 11.2. The first-order chi connectivity index (χ1) is 9.69.